The van der Waals surface area contributed by atoms with Gasteiger partial charge in [0.15, 0.2) is 5.78 Å². The van der Waals surface area contributed by atoms with Gasteiger partial charge in [-0.25, -0.2) is 4.79 Å². The first-order valence-corrected chi connectivity index (χ1v) is 7.67. The van der Waals surface area contributed by atoms with Crippen molar-refractivity contribution < 1.29 is 14.3 Å². The van der Waals surface area contributed by atoms with E-state index in [1.54, 1.807) is 6.92 Å². The number of Topliss-reactive ketones (excluding diaryl/α,β-unsaturated/α-hetero) is 1. The number of aromatic nitrogens is 1. The van der Waals surface area contributed by atoms with Crippen LogP contribution in [-0.2, 0) is 17.7 Å². The molecule has 1 aromatic heterocycles. The SMILES string of the molecule is CCOC(=O)c1cc2c(n1Cc1ccccc1)C(=O)CCC2. The highest BCUT2D eigenvalue weighted by molar-refractivity contribution is 6.00. The third-order valence-corrected chi connectivity index (χ3v) is 3.96. The van der Waals surface area contributed by atoms with Gasteiger partial charge in [-0.05, 0) is 37.0 Å². The highest BCUT2D eigenvalue weighted by Gasteiger charge is 2.27. The minimum Gasteiger partial charge on any atom is -0.461 e. The summed E-state index contributed by atoms with van der Waals surface area (Å²) in [6.07, 6.45) is 2.24. The van der Waals surface area contributed by atoms with Gasteiger partial charge in [-0.3, -0.25) is 4.79 Å². The second-order valence-corrected chi connectivity index (χ2v) is 5.47. The Labute approximate surface area is 129 Å². The molecular formula is C18H19NO3. The molecule has 0 saturated carbocycles. The summed E-state index contributed by atoms with van der Waals surface area (Å²) in [6, 6.07) is 11.7. The summed E-state index contributed by atoms with van der Waals surface area (Å²) in [5.41, 5.74) is 3.18. The minimum atomic E-state index is -0.361. The van der Waals surface area contributed by atoms with Crippen LogP contribution in [0.3, 0.4) is 0 Å². The third-order valence-electron chi connectivity index (χ3n) is 3.96. The molecule has 0 unspecified atom stereocenters. The van der Waals surface area contributed by atoms with E-state index < -0.39 is 0 Å². The number of benzene rings is 1. The largest absolute Gasteiger partial charge is 0.461 e. The number of esters is 1. The van der Waals surface area contributed by atoms with E-state index in [1.165, 1.54) is 0 Å². The second kappa shape index (κ2) is 6.18. The fourth-order valence-electron chi connectivity index (χ4n) is 2.99. The van der Waals surface area contributed by atoms with Crippen molar-refractivity contribution in [1.29, 1.82) is 0 Å². The van der Waals surface area contributed by atoms with Crippen molar-refractivity contribution >= 4 is 11.8 Å². The predicted octanol–water partition coefficient (Wildman–Crippen LogP) is 3.23. The maximum atomic E-state index is 12.3. The molecule has 0 radical (unpaired) electrons. The molecule has 114 valence electrons. The second-order valence-electron chi connectivity index (χ2n) is 5.47. The van der Waals surface area contributed by atoms with E-state index in [1.807, 2.05) is 41.0 Å². The van der Waals surface area contributed by atoms with Crippen molar-refractivity contribution in [3.8, 4) is 0 Å². The lowest BCUT2D eigenvalue weighted by Crippen LogP contribution is -2.19. The van der Waals surface area contributed by atoms with Crippen LogP contribution < -0.4 is 0 Å². The molecule has 1 aliphatic rings. The van der Waals surface area contributed by atoms with Crippen LogP contribution in [0.15, 0.2) is 36.4 Å². The predicted molar refractivity (Wildman–Crippen MR) is 83.2 cm³/mol. The lowest BCUT2D eigenvalue weighted by Gasteiger charge is -2.16. The van der Waals surface area contributed by atoms with Gasteiger partial charge in [0.05, 0.1) is 12.3 Å². The van der Waals surface area contributed by atoms with E-state index >= 15 is 0 Å². The Morgan fingerprint density at radius 1 is 1.23 bits per heavy atom. The van der Waals surface area contributed by atoms with Crippen LogP contribution in [0.2, 0.25) is 0 Å². The first kappa shape index (κ1) is 14.6. The van der Waals surface area contributed by atoms with Crippen LogP contribution in [0.1, 0.15) is 51.9 Å². The molecule has 0 N–H and O–H groups in total. The summed E-state index contributed by atoms with van der Waals surface area (Å²) in [5, 5.41) is 0. The maximum absolute atomic E-state index is 12.3. The standard InChI is InChI=1S/C18H19NO3/c1-2-22-18(21)15-11-14-9-6-10-16(20)17(14)19(15)12-13-7-4-3-5-8-13/h3-5,7-8,11H,2,6,9-10,12H2,1H3. The van der Waals surface area contributed by atoms with Crippen molar-refractivity contribution in [3.05, 3.63) is 58.9 Å². The van der Waals surface area contributed by atoms with Crippen LogP contribution in [0.5, 0.6) is 0 Å². The van der Waals surface area contributed by atoms with E-state index in [9.17, 15) is 9.59 Å². The number of hydrogen-bond donors (Lipinski definition) is 0. The summed E-state index contributed by atoms with van der Waals surface area (Å²) >= 11 is 0. The number of rotatable bonds is 4. The zero-order chi connectivity index (χ0) is 15.5. The zero-order valence-electron chi connectivity index (χ0n) is 12.7. The van der Waals surface area contributed by atoms with E-state index in [2.05, 4.69) is 0 Å². The van der Waals surface area contributed by atoms with Gasteiger partial charge >= 0.3 is 5.97 Å². The number of carbonyl (C=O) groups excluding carboxylic acids is 2. The fraction of sp³-hybridized carbons (Fsp3) is 0.333. The topological polar surface area (TPSA) is 48.3 Å². The van der Waals surface area contributed by atoms with Crippen molar-refractivity contribution in [2.24, 2.45) is 0 Å². The maximum Gasteiger partial charge on any atom is 0.354 e. The van der Waals surface area contributed by atoms with Crippen LogP contribution >= 0.6 is 0 Å². The number of fused-ring (bicyclic) bond motifs is 1. The normalized spacial score (nSPS) is 13.8. The van der Waals surface area contributed by atoms with Gasteiger partial charge in [-0.2, -0.15) is 0 Å². The van der Waals surface area contributed by atoms with Crippen LogP contribution in [0.25, 0.3) is 0 Å². The van der Waals surface area contributed by atoms with Gasteiger partial charge in [0.2, 0.25) is 0 Å². The summed E-state index contributed by atoms with van der Waals surface area (Å²) in [5.74, 6) is -0.242. The van der Waals surface area contributed by atoms with E-state index in [0.29, 0.717) is 31.0 Å². The minimum absolute atomic E-state index is 0.118. The number of carbonyl (C=O) groups is 2. The Morgan fingerprint density at radius 2 is 2.00 bits per heavy atom. The van der Waals surface area contributed by atoms with Gasteiger partial charge in [-0.1, -0.05) is 30.3 Å². The van der Waals surface area contributed by atoms with Crippen LogP contribution in [-0.4, -0.2) is 22.9 Å². The Morgan fingerprint density at radius 3 is 2.73 bits per heavy atom. The Balaban J connectivity index is 2.06. The lowest BCUT2D eigenvalue weighted by atomic mass is 9.97. The van der Waals surface area contributed by atoms with Crippen LogP contribution in [0.4, 0.5) is 0 Å². The quantitative estimate of drug-likeness (QED) is 0.814. The van der Waals surface area contributed by atoms with Gasteiger partial charge in [-0.15, -0.1) is 0 Å². The molecule has 4 heteroatoms. The molecule has 0 saturated heterocycles. The summed E-state index contributed by atoms with van der Waals surface area (Å²) in [7, 11) is 0. The summed E-state index contributed by atoms with van der Waals surface area (Å²) < 4.78 is 6.97. The molecule has 0 amide bonds. The molecular weight excluding hydrogens is 278 g/mol. The van der Waals surface area contributed by atoms with Crippen molar-refractivity contribution in [2.75, 3.05) is 6.61 Å². The van der Waals surface area contributed by atoms with E-state index in [0.717, 1.165) is 24.0 Å². The first-order valence-electron chi connectivity index (χ1n) is 7.67. The zero-order valence-corrected chi connectivity index (χ0v) is 12.7. The first-order chi connectivity index (χ1) is 10.7. The molecule has 3 rings (SSSR count). The average Bonchev–Trinajstić information content (AvgIpc) is 2.89. The number of ether oxygens (including phenoxy) is 1. The Kier molecular flexibility index (Phi) is 4.09. The molecule has 0 atom stereocenters. The van der Waals surface area contributed by atoms with Crippen molar-refractivity contribution in [3.63, 3.8) is 0 Å². The van der Waals surface area contributed by atoms with Crippen molar-refractivity contribution in [2.45, 2.75) is 32.7 Å². The molecule has 1 heterocycles. The number of nitrogens with zero attached hydrogens (tertiary/aromatic N) is 1. The van der Waals surface area contributed by atoms with Gasteiger partial charge in [0.25, 0.3) is 0 Å². The summed E-state index contributed by atoms with van der Waals surface area (Å²) in [6.45, 7) is 2.62. The fourth-order valence-corrected chi connectivity index (χ4v) is 2.99. The average molecular weight is 297 g/mol. The lowest BCUT2D eigenvalue weighted by molar-refractivity contribution is 0.0514. The van der Waals surface area contributed by atoms with Gasteiger partial charge < -0.3 is 9.30 Å². The highest BCUT2D eigenvalue weighted by atomic mass is 16.5. The van der Waals surface area contributed by atoms with Crippen molar-refractivity contribution in [1.82, 2.24) is 4.57 Å². The molecule has 4 nitrogen and oxygen atoms in total. The van der Waals surface area contributed by atoms with Gasteiger partial charge in [0, 0.05) is 13.0 Å². The highest BCUT2D eigenvalue weighted by Crippen LogP contribution is 2.26. The van der Waals surface area contributed by atoms with E-state index in [-0.39, 0.29) is 11.8 Å². The van der Waals surface area contributed by atoms with E-state index in [4.69, 9.17) is 4.74 Å². The number of ketones is 1. The molecule has 0 fully saturated rings. The summed E-state index contributed by atoms with van der Waals surface area (Å²) in [4.78, 5) is 24.5. The molecule has 0 aliphatic heterocycles. The third kappa shape index (κ3) is 2.69. The molecule has 0 spiro atoms. The number of hydrogen-bond acceptors (Lipinski definition) is 3. The van der Waals surface area contributed by atoms with Crippen LogP contribution in [0, 0.1) is 0 Å². The Bertz CT molecular complexity index is 701. The smallest absolute Gasteiger partial charge is 0.354 e. The monoisotopic (exact) mass is 297 g/mol. The van der Waals surface area contributed by atoms with Gasteiger partial charge in [0.1, 0.15) is 5.69 Å². The number of aryl methyl sites for hydroxylation is 1. The molecule has 2 aromatic rings. The molecule has 1 aliphatic carbocycles. The molecule has 0 bridgehead atoms. The Hall–Kier alpha value is -2.36. The molecule has 22 heavy (non-hydrogen) atoms. The molecule has 1 aromatic carbocycles.